The van der Waals surface area contributed by atoms with Gasteiger partial charge in [-0.3, -0.25) is 4.79 Å². The summed E-state index contributed by atoms with van der Waals surface area (Å²) in [6.07, 6.45) is 1.16. The Morgan fingerprint density at radius 1 is 0.958 bits per heavy atom. The fraction of sp³-hybridized carbons (Fsp3) is 0.190. The van der Waals surface area contributed by atoms with Gasteiger partial charge in [-0.15, -0.1) is 0 Å². The molecule has 0 aliphatic carbocycles. The van der Waals surface area contributed by atoms with Crippen LogP contribution < -0.4 is 10.1 Å². The molecule has 0 aromatic heterocycles. The number of para-hydroxylation sites is 1. The average Bonchev–Trinajstić information content (AvgIpc) is 2.62. The first-order chi connectivity index (χ1) is 11.8. The Hall–Kier alpha value is -2.81. The van der Waals surface area contributed by atoms with Crippen LogP contribution in [0.3, 0.4) is 0 Å². The van der Waals surface area contributed by atoms with Crippen molar-refractivity contribution in [3.63, 3.8) is 0 Å². The molecule has 0 fully saturated rings. The summed E-state index contributed by atoms with van der Waals surface area (Å²) in [6.45, 7) is 0.604. The van der Waals surface area contributed by atoms with E-state index in [1.165, 1.54) is 5.39 Å². The zero-order chi connectivity index (χ0) is 16.8. The standard InChI is InChI=1S/C21H21NO2/c1-24-20-9-5-4-7-18(20)12-13-22-21(23)15-16-10-11-17-6-2-3-8-19(17)14-16/h2-11,14H,12-13,15H2,1H3,(H,22,23). The molecule has 0 atom stereocenters. The van der Waals surface area contributed by atoms with E-state index in [4.69, 9.17) is 4.74 Å². The number of nitrogens with one attached hydrogen (secondary N) is 1. The maximum absolute atomic E-state index is 12.2. The van der Waals surface area contributed by atoms with Gasteiger partial charge in [0.05, 0.1) is 13.5 Å². The van der Waals surface area contributed by atoms with Gasteiger partial charge < -0.3 is 10.1 Å². The fourth-order valence-corrected chi connectivity index (χ4v) is 2.84. The zero-order valence-electron chi connectivity index (χ0n) is 13.8. The number of carbonyl (C=O) groups excluding carboxylic acids is 1. The van der Waals surface area contributed by atoms with Gasteiger partial charge >= 0.3 is 0 Å². The molecular weight excluding hydrogens is 298 g/mol. The Morgan fingerprint density at radius 3 is 2.54 bits per heavy atom. The number of ether oxygens (including phenoxy) is 1. The molecule has 0 heterocycles. The largest absolute Gasteiger partial charge is 0.496 e. The minimum absolute atomic E-state index is 0.0418. The Kier molecular flexibility index (Phi) is 5.12. The molecular formula is C21H21NO2. The smallest absolute Gasteiger partial charge is 0.224 e. The van der Waals surface area contributed by atoms with Crippen LogP contribution in [0.25, 0.3) is 10.8 Å². The Bertz CT molecular complexity index is 842. The van der Waals surface area contributed by atoms with E-state index in [-0.39, 0.29) is 5.91 Å². The van der Waals surface area contributed by atoms with E-state index in [0.717, 1.165) is 28.7 Å². The van der Waals surface area contributed by atoms with Crippen LogP contribution in [0.2, 0.25) is 0 Å². The molecule has 3 aromatic rings. The van der Waals surface area contributed by atoms with Crippen molar-refractivity contribution in [3.8, 4) is 5.75 Å². The normalized spacial score (nSPS) is 10.5. The number of carbonyl (C=O) groups is 1. The van der Waals surface area contributed by atoms with Crippen molar-refractivity contribution in [2.24, 2.45) is 0 Å². The maximum Gasteiger partial charge on any atom is 0.224 e. The highest BCUT2D eigenvalue weighted by Crippen LogP contribution is 2.18. The van der Waals surface area contributed by atoms with Crippen LogP contribution >= 0.6 is 0 Å². The van der Waals surface area contributed by atoms with Gasteiger partial charge in [-0.2, -0.15) is 0 Å². The molecule has 3 aromatic carbocycles. The fourth-order valence-electron chi connectivity index (χ4n) is 2.84. The van der Waals surface area contributed by atoms with Crippen molar-refractivity contribution < 1.29 is 9.53 Å². The summed E-state index contributed by atoms with van der Waals surface area (Å²) < 4.78 is 5.33. The molecule has 122 valence electrons. The second kappa shape index (κ2) is 7.64. The van der Waals surface area contributed by atoms with E-state index in [2.05, 4.69) is 29.6 Å². The first kappa shape index (κ1) is 16.1. The van der Waals surface area contributed by atoms with E-state index < -0.39 is 0 Å². The van der Waals surface area contributed by atoms with E-state index in [9.17, 15) is 4.79 Å². The molecule has 3 nitrogen and oxygen atoms in total. The Labute approximate surface area is 142 Å². The maximum atomic E-state index is 12.2. The monoisotopic (exact) mass is 319 g/mol. The van der Waals surface area contributed by atoms with Crippen molar-refractivity contribution in [1.82, 2.24) is 5.32 Å². The minimum Gasteiger partial charge on any atom is -0.496 e. The number of hydrogen-bond acceptors (Lipinski definition) is 2. The molecule has 0 saturated carbocycles. The molecule has 0 aliphatic heterocycles. The first-order valence-electron chi connectivity index (χ1n) is 8.12. The third kappa shape index (κ3) is 3.93. The van der Waals surface area contributed by atoms with Crippen molar-refractivity contribution in [1.29, 1.82) is 0 Å². The Morgan fingerprint density at radius 2 is 1.71 bits per heavy atom. The number of hydrogen-bond donors (Lipinski definition) is 1. The highest BCUT2D eigenvalue weighted by molar-refractivity contribution is 5.85. The van der Waals surface area contributed by atoms with Gasteiger partial charge in [-0.25, -0.2) is 0 Å². The van der Waals surface area contributed by atoms with Gasteiger partial charge in [0.2, 0.25) is 5.91 Å². The van der Waals surface area contributed by atoms with Crippen LogP contribution in [-0.4, -0.2) is 19.6 Å². The van der Waals surface area contributed by atoms with Gasteiger partial charge in [0.25, 0.3) is 0 Å². The van der Waals surface area contributed by atoms with Gasteiger partial charge in [-0.1, -0.05) is 60.7 Å². The van der Waals surface area contributed by atoms with Crippen LogP contribution in [0.15, 0.2) is 66.7 Å². The summed E-state index contributed by atoms with van der Waals surface area (Å²) in [5.74, 6) is 0.904. The van der Waals surface area contributed by atoms with Crippen LogP contribution in [-0.2, 0) is 17.6 Å². The van der Waals surface area contributed by atoms with Gasteiger partial charge in [-0.05, 0) is 34.4 Å². The predicted octanol–water partition coefficient (Wildman–Crippen LogP) is 3.75. The minimum atomic E-state index is 0.0418. The quantitative estimate of drug-likeness (QED) is 0.751. The van der Waals surface area contributed by atoms with Crippen molar-refractivity contribution in [2.45, 2.75) is 12.8 Å². The molecule has 1 N–H and O–H groups in total. The summed E-state index contributed by atoms with van der Waals surface area (Å²) >= 11 is 0. The number of methoxy groups -OCH3 is 1. The van der Waals surface area contributed by atoms with Crippen molar-refractivity contribution >= 4 is 16.7 Å². The lowest BCUT2D eigenvalue weighted by Gasteiger charge is -2.09. The second-order valence-electron chi connectivity index (χ2n) is 5.77. The average molecular weight is 319 g/mol. The SMILES string of the molecule is COc1ccccc1CCNC(=O)Cc1ccc2ccccc2c1. The Balaban J connectivity index is 1.55. The predicted molar refractivity (Wildman–Crippen MR) is 97.4 cm³/mol. The third-order valence-corrected chi connectivity index (χ3v) is 4.09. The molecule has 0 unspecified atom stereocenters. The summed E-state index contributed by atoms with van der Waals surface area (Å²) in [5, 5.41) is 5.34. The van der Waals surface area contributed by atoms with Crippen LogP contribution in [0, 0.1) is 0 Å². The molecule has 0 radical (unpaired) electrons. The molecule has 24 heavy (non-hydrogen) atoms. The highest BCUT2D eigenvalue weighted by Gasteiger charge is 2.06. The summed E-state index contributed by atoms with van der Waals surface area (Å²) in [7, 11) is 1.66. The third-order valence-electron chi connectivity index (χ3n) is 4.09. The lowest BCUT2D eigenvalue weighted by molar-refractivity contribution is -0.120. The zero-order valence-corrected chi connectivity index (χ0v) is 13.8. The van der Waals surface area contributed by atoms with Crippen LogP contribution in [0.1, 0.15) is 11.1 Å². The van der Waals surface area contributed by atoms with Crippen LogP contribution in [0.4, 0.5) is 0 Å². The molecule has 3 rings (SSSR count). The molecule has 0 bridgehead atoms. The lowest BCUT2D eigenvalue weighted by Crippen LogP contribution is -2.27. The first-order valence-corrected chi connectivity index (χ1v) is 8.12. The van der Waals surface area contributed by atoms with Crippen LogP contribution in [0.5, 0.6) is 5.75 Å². The molecule has 0 aliphatic rings. The van der Waals surface area contributed by atoms with E-state index in [1.54, 1.807) is 7.11 Å². The van der Waals surface area contributed by atoms with Gasteiger partial charge in [0.15, 0.2) is 0 Å². The number of rotatable bonds is 6. The number of benzene rings is 3. The summed E-state index contributed by atoms with van der Waals surface area (Å²) in [5.41, 5.74) is 2.13. The second-order valence-corrected chi connectivity index (χ2v) is 5.77. The summed E-state index contributed by atoms with van der Waals surface area (Å²) in [4.78, 5) is 12.2. The van der Waals surface area contributed by atoms with E-state index in [0.29, 0.717) is 13.0 Å². The summed E-state index contributed by atoms with van der Waals surface area (Å²) in [6, 6.07) is 22.2. The number of amides is 1. The van der Waals surface area contributed by atoms with E-state index in [1.807, 2.05) is 42.5 Å². The van der Waals surface area contributed by atoms with E-state index >= 15 is 0 Å². The molecule has 1 amide bonds. The van der Waals surface area contributed by atoms with Crippen molar-refractivity contribution in [2.75, 3.05) is 13.7 Å². The molecule has 0 spiro atoms. The number of fused-ring (bicyclic) bond motifs is 1. The van der Waals surface area contributed by atoms with Gasteiger partial charge in [0.1, 0.15) is 5.75 Å². The van der Waals surface area contributed by atoms with Gasteiger partial charge in [0, 0.05) is 6.54 Å². The van der Waals surface area contributed by atoms with Crippen molar-refractivity contribution in [3.05, 3.63) is 77.9 Å². The topological polar surface area (TPSA) is 38.3 Å². The lowest BCUT2D eigenvalue weighted by atomic mass is 10.0. The molecule has 3 heteroatoms. The molecule has 0 saturated heterocycles. The highest BCUT2D eigenvalue weighted by atomic mass is 16.5.